The molecule has 0 saturated carbocycles. The summed E-state index contributed by atoms with van der Waals surface area (Å²) in [6, 6.07) is 81.4. The molecule has 0 bridgehead atoms. The van der Waals surface area contributed by atoms with Crippen molar-refractivity contribution in [2.75, 3.05) is 13.7 Å². The first-order valence-corrected chi connectivity index (χ1v) is 21.6. The zero-order valence-electron chi connectivity index (χ0n) is 31.5. The first-order valence-electron chi connectivity index (χ1n) is 19.7. The second kappa shape index (κ2) is 14.2. The number of para-hydroxylation sites is 6. The van der Waals surface area contributed by atoms with Gasteiger partial charge in [-0.15, -0.1) is 0 Å². The predicted octanol–water partition coefficient (Wildman–Crippen LogP) is 13.8. The summed E-state index contributed by atoms with van der Waals surface area (Å²) >= 11 is 0. The average Bonchev–Trinajstić information content (AvgIpc) is 3.38. The highest BCUT2D eigenvalue weighted by atomic mass is 28.4. The van der Waals surface area contributed by atoms with Crippen LogP contribution in [-0.4, -0.2) is 8.56 Å². The van der Waals surface area contributed by atoms with Crippen molar-refractivity contribution in [3.05, 3.63) is 230 Å². The summed E-state index contributed by atoms with van der Waals surface area (Å²) < 4.78 is 8.45. The molecule has 0 fully saturated rings. The Labute approximate surface area is 331 Å². The number of hydrogen-bond donors (Lipinski definition) is 0. The molecule has 56 heavy (non-hydrogen) atoms. The topological polar surface area (TPSA) is 9.72 Å². The van der Waals surface area contributed by atoms with E-state index in [2.05, 4.69) is 239 Å². The number of rotatable bonds is 5. The minimum Gasteiger partial charge on any atom is -0.332 e. The molecule has 270 valence electrons. The highest BCUT2D eigenvalue weighted by Crippen LogP contribution is 2.61. The maximum Gasteiger partial charge on any atom is 0.397 e. The first-order chi connectivity index (χ1) is 27.7. The van der Waals surface area contributed by atoms with Gasteiger partial charge in [0, 0.05) is 56.4 Å². The fourth-order valence-corrected chi connectivity index (χ4v) is 15.5. The van der Waals surface area contributed by atoms with Crippen molar-refractivity contribution in [3.63, 3.8) is 0 Å². The Hall–Kier alpha value is -6.62. The fraction of sp³-hybridized carbons (Fsp3) is 0.0769. The molecular weight excluding hydrogens is 695 g/mol. The van der Waals surface area contributed by atoms with Gasteiger partial charge in [-0.3, -0.25) is 0 Å². The third-order valence-corrected chi connectivity index (χ3v) is 17.0. The molecule has 0 aromatic heterocycles. The monoisotopic (exact) mass is 737 g/mol. The summed E-state index contributed by atoms with van der Waals surface area (Å²) in [5.74, 6) is 0.134. The van der Waals surface area contributed by atoms with E-state index >= 15 is 0 Å². The lowest BCUT2D eigenvalue weighted by Gasteiger charge is -2.59. The van der Waals surface area contributed by atoms with Crippen LogP contribution in [0.15, 0.2) is 218 Å². The van der Waals surface area contributed by atoms with E-state index in [9.17, 15) is 0 Å². The molecule has 0 radical (unpaired) electrons. The second-order valence-corrected chi connectivity index (χ2v) is 18.6. The van der Waals surface area contributed by atoms with Gasteiger partial charge >= 0.3 is 8.56 Å². The van der Waals surface area contributed by atoms with Crippen LogP contribution in [0.5, 0.6) is 0 Å². The van der Waals surface area contributed by atoms with Crippen LogP contribution in [0.1, 0.15) is 24.0 Å². The zero-order valence-corrected chi connectivity index (χ0v) is 32.5. The highest BCUT2D eigenvalue weighted by Gasteiger charge is 2.63. The van der Waals surface area contributed by atoms with Gasteiger partial charge in [-0.1, -0.05) is 171 Å². The van der Waals surface area contributed by atoms with Crippen molar-refractivity contribution in [1.29, 1.82) is 0 Å². The fourth-order valence-electron chi connectivity index (χ4n) is 9.61. The molecule has 4 heteroatoms. The van der Waals surface area contributed by atoms with Crippen molar-refractivity contribution >= 4 is 42.7 Å². The van der Waals surface area contributed by atoms with E-state index in [0.717, 1.165) is 6.42 Å². The lowest BCUT2D eigenvalue weighted by atomic mass is 9.84. The van der Waals surface area contributed by atoms with Crippen LogP contribution in [0.2, 0.25) is 5.54 Å². The van der Waals surface area contributed by atoms with Crippen LogP contribution in [-0.2, 0) is 6.42 Å². The predicted molar refractivity (Wildman–Crippen MR) is 238 cm³/mol. The van der Waals surface area contributed by atoms with Gasteiger partial charge in [-0.25, -0.2) is 0 Å². The van der Waals surface area contributed by atoms with E-state index in [4.69, 9.17) is 0 Å². The van der Waals surface area contributed by atoms with Crippen LogP contribution >= 0.6 is 0 Å². The molecule has 10 rings (SSSR count). The van der Waals surface area contributed by atoms with Crippen molar-refractivity contribution in [2.24, 2.45) is 0 Å². The molecule has 2 aliphatic rings. The van der Waals surface area contributed by atoms with Crippen LogP contribution < -0.4 is 13.7 Å². The normalized spacial score (nSPS) is 16.8. The third-order valence-electron chi connectivity index (χ3n) is 11.9. The van der Waals surface area contributed by atoms with Crippen molar-refractivity contribution in [1.82, 2.24) is 0 Å². The molecule has 0 amide bonds. The van der Waals surface area contributed by atoms with Gasteiger partial charge in [0.1, 0.15) is 0 Å². The molecular formula is C52H43N3Si. The summed E-state index contributed by atoms with van der Waals surface area (Å²) in [4.78, 5) is 0. The maximum absolute atomic E-state index is 3.56. The Morgan fingerprint density at radius 2 is 0.679 bits per heavy atom. The van der Waals surface area contributed by atoms with E-state index in [1.54, 1.807) is 0 Å². The Bertz CT molecular complexity index is 2520. The molecule has 0 N–H and O–H groups in total. The Morgan fingerprint density at radius 3 is 1.11 bits per heavy atom. The molecule has 0 aliphatic carbocycles. The molecule has 2 atom stereocenters. The van der Waals surface area contributed by atoms with Gasteiger partial charge in [0.05, 0.1) is 0 Å². The number of benzene rings is 8. The summed E-state index contributed by atoms with van der Waals surface area (Å²) in [6.45, 7) is 2.57. The standard InChI is InChI=1S/C52H43N3Si/c1-39-49(38-40-22-6-2-7-23-40)45-31-15-14-30-44(45)46-32-16-19-35-50(46)53(41-24-8-3-9-25-41)56(39)54(42-26-10-4-11-27-42)51-36-20-17-33-47(51)48-34-18-21-37-52(48)55(56)43-28-12-5-13-29-43/h2-37,39,49H,38H2,1H3. The van der Waals surface area contributed by atoms with Gasteiger partial charge < -0.3 is 13.7 Å². The molecule has 8 aromatic carbocycles. The second-order valence-electron chi connectivity index (χ2n) is 14.9. The molecule has 2 aliphatic heterocycles. The van der Waals surface area contributed by atoms with E-state index in [1.807, 2.05) is 0 Å². The lowest BCUT2D eigenvalue weighted by molar-refractivity contribution is 0.630. The zero-order chi connectivity index (χ0) is 37.5. The van der Waals surface area contributed by atoms with Crippen molar-refractivity contribution < 1.29 is 0 Å². The van der Waals surface area contributed by atoms with Gasteiger partial charge in [0.25, 0.3) is 0 Å². The lowest BCUT2D eigenvalue weighted by Crippen LogP contribution is -2.75. The quantitative estimate of drug-likeness (QED) is 0.163. The minimum absolute atomic E-state index is 0.0806. The molecule has 1 spiro atoms. The molecule has 3 nitrogen and oxygen atoms in total. The largest absolute Gasteiger partial charge is 0.397 e. The molecule has 2 unspecified atom stereocenters. The van der Waals surface area contributed by atoms with Gasteiger partial charge in [0.15, 0.2) is 0 Å². The summed E-state index contributed by atoms with van der Waals surface area (Å²) in [5, 5.41) is 0. The Balaban J connectivity index is 1.46. The Morgan fingerprint density at radius 1 is 0.357 bits per heavy atom. The van der Waals surface area contributed by atoms with Crippen LogP contribution in [0.3, 0.4) is 0 Å². The number of anilines is 6. The van der Waals surface area contributed by atoms with Crippen LogP contribution in [0.25, 0.3) is 22.3 Å². The van der Waals surface area contributed by atoms with E-state index in [-0.39, 0.29) is 11.5 Å². The van der Waals surface area contributed by atoms with E-state index in [0.29, 0.717) is 0 Å². The number of hydrogen-bond acceptors (Lipinski definition) is 3. The average molecular weight is 738 g/mol. The third kappa shape index (κ3) is 5.40. The van der Waals surface area contributed by atoms with Crippen LogP contribution in [0.4, 0.5) is 34.1 Å². The SMILES string of the molecule is CC1C(Cc2ccccc2)c2ccccc2-c2ccccc2N(c2ccccc2)[Si]12N(c1ccccc1)c1ccccc1-c1ccccc1N2c1ccccc1. The molecule has 8 aromatic rings. The molecule has 0 saturated heterocycles. The van der Waals surface area contributed by atoms with E-state index < -0.39 is 8.56 Å². The van der Waals surface area contributed by atoms with Crippen molar-refractivity contribution in [2.45, 2.75) is 24.8 Å². The maximum atomic E-state index is 2.82. The summed E-state index contributed by atoms with van der Waals surface area (Å²) in [5.41, 5.74) is 15.0. The smallest absolute Gasteiger partial charge is 0.332 e. The van der Waals surface area contributed by atoms with Gasteiger partial charge in [-0.2, -0.15) is 0 Å². The van der Waals surface area contributed by atoms with Gasteiger partial charge in [-0.05, 0) is 83.6 Å². The molecule has 2 heterocycles. The number of nitrogens with zero attached hydrogens (tertiary/aromatic N) is 3. The first kappa shape index (κ1) is 33.9. The summed E-state index contributed by atoms with van der Waals surface area (Å²) in [6.07, 6.45) is 0.896. The summed E-state index contributed by atoms with van der Waals surface area (Å²) in [7, 11) is -3.56. The minimum atomic E-state index is -3.56. The van der Waals surface area contributed by atoms with E-state index in [1.165, 1.54) is 67.5 Å². The van der Waals surface area contributed by atoms with Crippen molar-refractivity contribution in [3.8, 4) is 22.3 Å². The Kier molecular flexibility index (Phi) is 8.61. The van der Waals surface area contributed by atoms with Gasteiger partial charge in [0.2, 0.25) is 0 Å². The number of fused-ring (bicyclic) bond motifs is 6. The highest BCUT2D eigenvalue weighted by molar-refractivity contribution is 6.94. The van der Waals surface area contributed by atoms with Crippen LogP contribution in [0, 0.1) is 0 Å².